The molecule has 2 aromatic rings. The van der Waals surface area contributed by atoms with Gasteiger partial charge in [-0.1, -0.05) is 36.4 Å². The first-order valence-corrected chi connectivity index (χ1v) is 5.74. The molecule has 19 heavy (non-hydrogen) atoms. The lowest BCUT2D eigenvalue weighted by Gasteiger charge is -2.05. The Kier molecular flexibility index (Phi) is 3.69. The van der Waals surface area contributed by atoms with E-state index in [1.807, 2.05) is 19.1 Å². The van der Waals surface area contributed by atoms with Crippen LogP contribution >= 0.6 is 0 Å². The Morgan fingerprint density at radius 3 is 2.32 bits per heavy atom. The fraction of sp³-hybridized carbons (Fsp3) is 0.133. The Morgan fingerprint density at radius 2 is 1.74 bits per heavy atom. The van der Waals surface area contributed by atoms with E-state index in [9.17, 15) is 13.2 Å². The Hall–Kier alpha value is -2.10. The first-order valence-electron chi connectivity index (χ1n) is 5.74. The molecule has 0 spiro atoms. The zero-order chi connectivity index (χ0) is 13.9. The molecule has 0 amide bonds. The van der Waals surface area contributed by atoms with E-state index in [4.69, 9.17) is 0 Å². The molecule has 0 saturated heterocycles. The summed E-state index contributed by atoms with van der Waals surface area (Å²) in [5.41, 5.74) is 3.27. The van der Waals surface area contributed by atoms with Crippen LogP contribution in [-0.4, -0.2) is 11.2 Å². The summed E-state index contributed by atoms with van der Waals surface area (Å²) in [6.45, 7) is 1.94. The van der Waals surface area contributed by atoms with E-state index < -0.39 is 6.18 Å². The highest BCUT2D eigenvalue weighted by molar-refractivity contribution is 5.65. The van der Waals surface area contributed by atoms with E-state index in [0.29, 0.717) is 5.56 Å². The zero-order valence-corrected chi connectivity index (χ0v) is 10.3. The second-order valence-corrected chi connectivity index (χ2v) is 4.17. The van der Waals surface area contributed by atoms with Crippen molar-refractivity contribution in [3.63, 3.8) is 0 Å². The minimum atomic E-state index is -4.28. The lowest BCUT2D eigenvalue weighted by atomic mass is 10.0. The van der Waals surface area contributed by atoms with Crippen LogP contribution in [0.1, 0.15) is 11.1 Å². The Balaban J connectivity index is 2.25. The number of allylic oxidation sites excluding steroid dienone is 1. The van der Waals surface area contributed by atoms with Crippen molar-refractivity contribution < 1.29 is 13.2 Å². The lowest BCUT2D eigenvalue weighted by molar-refractivity contribution is -0.0790. The molecule has 0 fully saturated rings. The fourth-order valence-electron chi connectivity index (χ4n) is 1.73. The summed E-state index contributed by atoms with van der Waals surface area (Å²) in [6, 6.07) is 10.6. The molecule has 1 nitrogen and oxygen atoms in total. The van der Waals surface area contributed by atoms with Gasteiger partial charge in [-0.3, -0.25) is 4.98 Å². The highest BCUT2D eigenvalue weighted by Crippen LogP contribution is 2.22. The number of hydrogen-bond donors (Lipinski definition) is 0. The van der Waals surface area contributed by atoms with Gasteiger partial charge in [-0.2, -0.15) is 13.2 Å². The predicted octanol–water partition coefficient (Wildman–Crippen LogP) is 4.63. The predicted molar refractivity (Wildman–Crippen MR) is 69.5 cm³/mol. The minimum Gasteiger partial charge on any atom is -0.256 e. The van der Waals surface area contributed by atoms with E-state index in [2.05, 4.69) is 4.98 Å². The topological polar surface area (TPSA) is 12.9 Å². The first kappa shape index (κ1) is 13.3. The van der Waals surface area contributed by atoms with Crippen molar-refractivity contribution in [2.75, 3.05) is 0 Å². The van der Waals surface area contributed by atoms with Crippen LogP contribution in [0.5, 0.6) is 0 Å². The number of hydrogen-bond acceptors (Lipinski definition) is 1. The van der Waals surface area contributed by atoms with Crippen LogP contribution in [0.25, 0.3) is 17.3 Å². The largest absolute Gasteiger partial charge is 0.409 e. The van der Waals surface area contributed by atoms with Gasteiger partial charge in [-0.15, -0.1) is 0 Å². The molecule has 0 aliphatic rings. The van der Waals surface area contributed by atoms with Gasteiger partial charge < -0.3 is 0 Å². The Labute approximate surface area is 109 Å². The first-order chi connectivity index (χ1) is 8.96. The summed E-state index contributed by atoms with van der Waals surface area (Å²) >= 11 is 0. The number of nitrogens with zero attached hydrogens (tertiary/aromatic N) is 1. The molecular formula is C15H12F3N. The minimum absolute atomic E-state index is 0.230. The lowest BCUT2D eigenvalue weighted by Crippen LogP contribution is -2.00. The zero-order valence-electron chi connectivity index (χ0n) is 10.3. The molecular weight excluding hydrogens is 251 g/mol. The number of halogens is 3. The van der Waals surface area contributed by atoms with Crippen molar-refractivity contribution in [1.82, 2.24) is 4.98 Å². The van der Waals surface area contributed by atoms with Gasteiger partial charge in [0.2, 0.25) is 0 Å². The van der Waals surface area contributed by atoms with Crippen LogP contribution in [0.15, 0.2) is 48.7 Å². The average molecular weight is 263 g/mol. The van der Waals surface area contributed by atoms with E-state index in [-0.39, 0.29) is 6.08 Å². The molecule has 0 atom stereocenters. The van der Waals surface area contributed by atoms with Crippen molar-refractivity contribution >= 4 is 6.08 Å². The van der Waals surface area contributed by atoms with Crippen LogP contribution in [0.3, 0.4) is 0 Å². The average Bonchev–Trinajstić information content (AvgIpc) is 2.37. The van der Waals surface area contributed by atoms with Crippen LogP contribution < -0.4 is 0 Å². The van der Waals surface area contributed by atoms with Gasteiger partial charge in [0.1, 0.15) is 0 Å². The monoisotopic (exact) mass is 263 g/mol. The molecule has 0 aliphatic carbocycles. The summed E-state index contributed by atoms with van der Waals surface area (Å²) in [4.78, 5) is 4.27. The van der Waals surface area contributed by atoms with Crippen molar-refractivity contribution in [2.24, 2.45) is 0 Å². The number of pyridine rings is 1. The molecule has 1 aromatic heterocycles. The third-order valence-electron chi connectivity index (χ3n) is 2.66. The third kappa shape index (κ3) is 3.68. The number of benzene rings is 1. The van der Waals surface area contributed by atoms with Crippen molar-refractivity contribution in [1.29, 1.82) is 0 Å². The third-order valence-corrected chi connectivity index (χ3v) is 2.66. The molecule has 1 aromatic carbocycles. The highest BCUT2D eigenvalue weighted by Gasteiger charge is 2.21. The molecule has 0 unspecified atom stereocenters. The molecule has 0 bridgehead atoms. The molecule has 0 aliphatic heterocycles. The van der Waals surface area contributed by atoms with Gasteiger partial charge in [-0.25, -0.2) is 0 Å². The van der Waals surface area contributed by atoms with Crippen molar-refractivity contribution in [2.45, 2.75) is 13.1 Å². The van der Waals surface area contributed by atoms with Crippen LogP contribution in [0, 0.1) is 6.92 Å². The molecule has 2 rings (SSSR count). The molecule has 98 valence electrons. The van der Waals surface area contributed by atoms with Gasteiger partial charge in [0.25, 0.3) is 0 Å². The number of aryl methyl sites for hydroxylation is 1. The quantitative estimate of drug-likeness (QED) is 0.769. The van der Waals surface area contributed by atoms with Crippen LogP contribution in [0.2, 0.25) is 0 Å². The maximum Gasteiger partial charge on any atom is 0.409 e. The van der Waals surface area contributed by atoms with Crippen molar-refractivity contribution in [3.8, 4) is 11.3 Å². The van der Waals surface area contributed by atoms with E-state index >= 15 is 0 Å². The summed E-state index contributed by atoms with van der Waals surface area (Å²) in [5, 5.41) is 0. The van der Waals surface area contributed by atoms with Crippen LogP contribution in [-0.2, 0) is 0 Å². The fourth-order valence-corrected chi connectivity index (χ4v) is 1.73. The van der Waals surface area contributed by atoms with Gasteiger partial charge >= 0.3 is 6.18 Å². The summed E-state index contributed by atoms with van der Waals surface area (Å²) in [6.07, 6.45) is -1.31. The maximum absolute atomic E-state index is 12.0. The second-order valence-electron chi connectivity index (χ2n) is 4.17. The van der Waals surface area contributed by atoms with Gasteiger partial charge in [0.15, 0.2) is 0 Å². The second kappa shape index (κ2) is 5.26. The SMILES string of the molecule is Cc1cccnc1-c1ccc(/C=C/C(F)(F)F)cc1. The van der Waals surface area contributed by atoms with Crippen LogP contribution in [0.4, 0.5) is 13.2 Å². The number of aromatic nitrogens is 1. The van der Waals surface area contributed by atoms with E-state index in [1.54, 1.807) is 30.5 Å². The van der Waals surface area contributed by atoms with Gasteiger partial charge in [-0.05, 0) is 24.1 Å². The standard InChI is InChI=1S/C15H12F3N/c1-11-3-2-10-19-14(11)13-6-4-12(5-7-13)8-9-15(16,17)18/h2-10H,1H3/b9-8+. The van der Waals surface area contributed by atoms with E-state index in [0.717, 1.165) is 22.9 Å². The van der Waals surface area contributed by atoms with Gasteiger partial charge in [0, 0.05) is 17.8 Å². The maximum atomic E-state index is 12.0. The molecule has 0 radical (unpaired) electrons. The molecule has 1 heterocycles. The molecule has 0 N–H and O–H groups in total. The smallest absolute Gasteiger partial charge is 0.256 e. The van der Waals surface area contributed by atoms with Gasteiger partial charge in [0.05, 0.1) is 5.69 Å². The van der Waals surface area contributed by atoms with Crippen molar-refractivity contribution in [3.05, 3.63) is 59.8 Å². The normalized spacial score (nSPS) is 12.0. The summed E-state index contributed by atoms with van der Waals surface area (Å²) < 4.78 is 36.1. The molecule has 0 saturated carbocycles. The Morgan fingerprint density at radius 1 is 1.05 bits per heavy atom. The highest BCUT2D eigenvalue weighted by atomic mass is 19.4. The molecule has 4 heteroatoms. The summed E-state index contributed by atoms with van der Waals surface area (Å²) in [7, 11) is 0. The summed E-state index contributed by atoms with van der Waals surface area (Å²) in [5.74, 6) is 0. The van der Waals surface area contributed by atoms with E-state index in [1.165, 1.54) is 0 Å². The number of rotatable bonds is 2. The Bertz CT molecular complexity index is 583. The number of alkyl halides is 3.